The summed E-state index contributed by atoms with van der Waals surface area (Å²) in [7, 11) is 0. The minimum atomic E-state index is 0.802. The summed E-state index contributed by atoms with van der Waals surface area (Å²) in [6.45, 7) is 4.22. The summed E-state index contributed by atoms with van der Waals surface area (Å²) in [5.74, 6) is 1.91. The predicted octanol–water partition coefficient (Wildman–Crippen LogP) is 3.80. The monoisotopic (exact) mass is 302 g/mol. The summed E-state index contributed by atoms with van der Waals surface area (Å²) in [4.78, 5) is 9.27. The molecule has 3 rings (SSSR count). The lowest BCUT2D eigenvalue weighted by molar-refractivity contribution is 0.913. The van der Waals surface area contributed by atoms with Gasteiger partial charge in [-0.3, -0.25) is 0 Å². The first-order chi connectivity index (χ1) is 9.83. The topological polar surface area (TPSA) is 51.6 Å². The van der Waals surface area contributed by atoms with Gasteiger partial charge in [-0.1, -0.05) is 43.8 Å². The van der Waals surface area contributed by atoms with E-state index in [1.807, 2.05) is 24.3 Å². The molecule has 0 aliphatic rings. The van der Waals surface area contributed by atoms with Crippen LogP contribution < -0.4 is 0 Å². The van der Waals surface area contributed by atoms with Crippen LogP contribution in [-0.4, -0.2) is 31.7 Å². The highest BCUT2D eigenvalue weighted by atomic mass is 32.2. The Kier molecular flexibility index (Phi) is 4.03. The van der Waals surface area contributed by atoms with Crippen molar-refractivity contribution in [2.24, 2.45) is 0 Å². The lowest BCUT2D eigenvalue weighted by Crippen LogP contribution is -1.97. The molecule has 0 spiro atoms. The van der Waals surface area contributed by atoms with Gasteiger partial charge in [0.15, 0.2) is 5.16 Å². The lowest BCUT2D eigenvalue weighted by atomic mass is 10.2. The first kappa shape index (κ1) is 13.6. The first-order valence-electron chi connectivity index (χ1n) is 6.52. The molecule has 2 heterocycles. The average Bonchev–Trinajstić information content (AvgIpc) is 2.48. The maximum absolute atomic E-state index is 4.67. The van der Waals surface area contributed by atoms with E-state index in [0.29, 0.717) is 0 Å². The molecule has 0 saturated heterocycles. The molecular weight excluding hydrogens is 288 g/mol. The molecule has 102 valence electrons. The fourth-order valence-electron chi connectivity index (χ4n) is 1.99. The highest BCUT2D eigenvalue weighted by molar-refractivity contribution is 7.99. The molecule has 20 heavy (non-hydrogen) atoms. The Bertz CT molecular complexity index is 761. The molecule has 2 aromatic heterocycles. The number of hydrogen-bond donors (Lipinski definition) is 0. The van der Waals surface area contributed by atoms with E-state index < -0.39 is 0 Å². The van der Waals surface area contributed by atoms with Gasteiger partial charge in [-0.2, -0.15) is 0 Å². The zero-order valence-electron chi connectivity index (χ0n) is 11.3. The van der Waals surface area contributed by atoms with Crippen LogP contribution in [0.5, 0.6) is 0 Å². The number of benzene rings is 1. The summed E-state index contributed by atoms with van der Waals surface area (Å²) in [6.07, 6.45) is 0. The van der Waals surface area contributed by atoms with E-state index >= 15 is 0 Å². The minimum absolute atomic E-state index is 0.802. The Balaban J connectivity index is 2.34. The van der Waals surface area contributed by atoms with Crippen molar-refractivity contribution in [1.82, 2.24) is 20.2 Å². The van der Waals surface area contributed by atoms with Crippen LogP contribution in [0.4, 0.5) is 0 Å². The van der Waals surface area contributed by atoms with Crippen LogP contribution in [0.25, 0.3) is 21.9 Å². The maximum Gasteiger partial charge on any atom is 0.189 e. The molecular formula is C14H14N4S2. The average molecular weight is 302 g/mol. The lowest BCUT2D eigenvalue weighted by Gasteiger charge is -2.07. The van der Waals surface area contributed by atoms with Gasteiger partial charge in [0.2, 0.25) is 0 Å². The van der Waals surface area contributed by atoms with E-state index in [1.54, 1.807) is 23.5 Å². The van der Waals surface area contributed by atoms with Gasteiger partial charge in [0, 0.05) is 5.39 Å². The highest BCUT2D eigenvalue weighted by Gasteiger charge is 2.12. The van der Waals surface area contributed by atoms with Crippen LogP contribution in [0, 0.1) is 0 Å². The van der Waals surface area contributed by atoms with Crippen molar-refractivity contribution in [1.29, 1.82) is 0 Å². The molecule has 0 radical (unpaired) electrons. The molecule has 1 aromatic carbocycles. The molecule has 0 aliphatic carbocycles. The van der Waals surface area contributed by atoms with Crippen LogP contribution >= 0.6 is 23.5 Å². The largest absolute Gasteiger partial charge is 0.220 e. The molecule has 6 heteroatoms. The van der Waals surface area contributed by atoms with Gasteiger partial charge >= 0.3 is 0 Å². The van der Waals surface area contributed by atoms with Crippen molar-refractivity contribution in [3.8, 4) is 0 Å². The Morgan fingerprint density at radius 1 is 0.900 bits per heavy atom. The van der Waals surface area contributed by atoms with E-state index in [0.717, 1.165) is 43.6 Å². The molecule has 0 saturated carbocycles. The van der Waals surface area contributed by atoms with Gasteiger partial charge in [-0.05, 0) is 17.6 Å². The molecule has 0 bridgehead atoms. The normalized spacial score (nSPS) is 11.3. The quantitative estimate of drug-likeness (QED) is 0.316. The third kappa shape index (κ3) is 2.45. The van der Waals surface area contributed by atoms with Crippen LogP contribution in [0.1, 0.15) is 13.8 Å². The van der Waals surface area contributed by atoms with Crippen molar-refractivity contribution in [3.63, 3.8) is 0 Å². The number of rotatable bonds is 4. The third-order valence-corrected chi connectivity index (χ3v) is 4.38. The number of hydrogen-bond acceptors (Lipinski definition) is 6. The molecule has 3 aromatic rings. The third-order valence-electron chi connectivity index (χ3n) is 2.80. The standard InChI is InChI=1S/C14H14N4S2/c1-3-19-13-12-11(15-14(16-13)20-4-2)9-7-5-6-8-10(9)17-18-12/h5-8H,3-4H2,1-2H3. The fraction of sp³-hybridized carbons (Fsp3) is 0.286. The van der Waals surface area contributed by atoms with Crippen LogP contribution in [0.15, 0.2) is 34.4 Å². The van der Waals surface area contributed by atoms with Crippen LogP contribution in [0.2, 0.25) is 0 Å². The Hall–Kier alpha value is -1.40. The van der Waals surface area contributed by atoms with Gasteiger partial charge in [-0.15, -0.1) is 22.0 Å². The number of thioether (sulfide) groups is 2. The van der Waals surface area contributed by atoms with E-state index in [1.165, 1.54) is 0 Å². The van der Waals surface area contributed by atoms with Gasteiger partial charge in [0.25, 0.3) is 0 Å². The molecule has 0 amide bonds. The summed E-state index contributed by atoms with van der Waals surface area (Å²) in [5.41, 5.74) is 2.58. The van der Waals surface area contributed by atoms with E-state index in [4.69, 9.17) is 0 Å². The summed E-state index contributed by atoms with van der Waals surface area (Å²) in [6, 6.07) is 7.97. The molecule has 0 atom stereocenters. The second-order valence-corrected chi connectivity index (χ2v) is 6.58. The predicted molar refractivity (Wildman–Crippen MR) is 85.4 cm³/mol. The zero-order chi connectivity index (χ0) is 13.9. The van der Waals surface area contributed by atoms with Gasteiger partial charge in [-0.25, -0.2) is 9.97 Å². The second kappa shape index (κ2) is 5.93. The number of nitrogens with zero attached hydrogens (tertiary/aromatic N) is 4. The SMILES string of the molecule is CCSc1nc(SCC)c2nnc3ccccc3c2n1. The van der Waals surface area contributed by atoms with Crippen molar-refractivity contribution in [2.75, 3.05) is 11.5 Å². The second-order valence-electron chi connectivity index (χ2n) is 4.09. The Labute approximate surface area is 125 Å². The maximum atomic E-state index is 4.67. The Morgan fingerprint density at radius 2 is 1.70 bits per heavy atom. The minimum Gasteiger partial charge on any atom is -0.220 e. The van der Waals surface area contributed by atoms with Gasteiger partial charge < -0.3 is 0 Å². The fourth-order valence-corrected chi connectivity index (χ4v) is 3.31. The number of aromatic nitrogens is 4. The molecule has 0 aliphatic heterocycles. The van der Waals surface area contributed by atoms with Crippen LogP contribution in [-0.2, 0) is 0 Å². The molecule has 0 fully saturated rings. The first-order valence-corrected chi connectivity index (χ1v) is 8.49. The van der Waals surface area contributed by atoms with Crippen molar-refractivity contribution >= 4 is 45.5 Å². The van der Waals surface area contributed by atoms with Crippen LogP contribution in [0.3, 0.4) is 0 Å². The van der Waals surface area contributed by atoms with Crippen molar-refractivity contribution < 1.29 is 0 Å². The zero-order valence-corrected chi connectivity index (χ0v) is 13.0. The molecule has 4 nitrogen and oxygen atoms in total. The van der Waals surface area contributed by atoms with Crippen molar-refractivity contribution in [2.45, 2.75) is 24.0 Å². The smallest absolute Gasteiger partial charge is 0.189 e. The highest BCUT2D eigenvalue weighted by Crippen LogP contribution is 2.29. The summed E-state index contributed by atoms with van der Waals surface area (Å²) >= 11 is 3.34. The molecule has 0 N–H and O–H groups in total. The summed E-state index contributed by atoms with van der Waals surface area (Å²) < 4.78 is 0. The van der Waals surface area contributed by atoms with Gasteiger partial charge in [0.05, 0.1) is 5.52 Å². The van der Waals surface area contributed by atoms with Gasteiger partial charge in [0.1, 0.15) is 16.1 Å². The van der Waals surface area contributed by atoms with E-state index in [2.05, 4.69) is 34.0 Å². The Morgan fingerprint density at radius 3 is 2.50 bits per heavy atom. The van der Waals surface area contributed by atoms with E-state index in [9.17, 15) is 0 Å². The summed E-state index contributed by atoms with van der Waals surface area (Å²) in [5, 5.41) is 11.4. The number of fused-ring (bicyclic) bond motifs is 3. The molecule has 0 unspecified atom stereocenters. The van der Waals surface area contributed by atoms with E-state index in [-0.39, 0.29) is 0 Å². The van der Waals surface area contributed by atoms with Crippen molar-refractivity contribution in [3.05, 3.63) is 24.3 Å².